The first-order valence-corrected chi connectivity index (χ1v) is 9.40. The first-order chi connectivity index (χ1) is 12.6. The molecule has 1 aliphatic carbocycles. The van der Waals surface area contributed by atoms with Gasteiger partial charge in [-0.1, -0.05) is 49.6 Å². The fourth-order valence-electron chi connectivity index (χ4n) is 3.39. The number of carbonyl (C=O) groups excluding carboxylic acids is 2. The lowest BCUT2D eigenvalue weighted by Gasteiger charge is -2.22. The van der Waals surface area contributed by atoms with Crippen molar-refractivity contribution in [2.75, 3.05) is 0 Å². The number of hydrogen-bond donors (Lipinski definition) is 2. The Morgan fingerprint density at radius 3 is 2.04 bits per heavy atom. The van der Waals surface area contributed by atoms with Crippen LogP contribution in [0.2, 0.25) is 0 Å². The van der Waals surface area contributed by atoms with Crippen LogP contribution in [-0.4, -0.2) is 17.9 Å². The highest BCUT2D eigenvalue weighted by Crippen LogP contribution is 2.18. The third kappa shape index (κ3) is 4.72. The summed E-state index contributed by atoms with van der Waals surface area (Å²) in [4.78, 5) is 24.8. The van der Waals surface area contributed by atoms with E-state index < -0.39 is 0 Å². The topological polar surface area (TPSA) is 58.2 Å². The monoisotopic (exact) mass is 350 g/mol. The van der Waals surface area contributed by atoms with E-state index in [2.05, 4.69) is 10.6 Å². The average molecular weight is 350 g/mol. The van der Waals surface area contributed by atoms with E-state index in [0.717, 1.165) is 18.4 Å². The molecule has 2 N–H and O–H groups in total. The second kappa shape index (κ2) is 8.65. The molecular formula is C22H26N2O2. The van der Waals surface area contributed by atoms with Crippen molar-refractivity contribution in [3.63, 3.8) is 0 Å². The number of amides is 2. The number of carbonyl (C=O) groups is 2. The quantitative estimate of drug-likeness (QED) is 0.847. The summed E-state index contributed by atoms with van der Waals surface area (Å²) in [6, 6.07) is 16.9. The van der Waals surface area contributed by atoms with Gasteiger partial charge in [-0.2, -0.15) is 0 Å². The highest BCUT2D eigenvalue weighted by molar-refractivity contribution is 5.98. The summed E-state index contributed by atoms with van der Waals surface area (Å²) in [5.74, 6) is -0.192. The first kappa shape index (κ1) is 18.2. The molecule has 0 spiro atoms. The fraction of sp³-hybridized carbons (Fsp3) is 0.364. The minimum absolute atomic E-state index is 0.0542. The van der Waals surface area contributed by atoms with Crippen LogP contribution in [0.25, 0.3) is 0 Å². The van der Waals surface area contributed by atoms with Crippen molar-refractivity contribution in [1.29, 1.82) is 0 Å². The van der Waals surface area contributed by atoms with Crippen molar-refractivity contribution >= 4 is 11.8 Å². The Labute approximate surface area is 155 Å². The van der Waals surface area contributed by atoms with E-state index in [1.165, 1.54) is 19.3 Å². The van der Waals surface area contributed by atoms with Gasteiger partial charge in [0.25, 0.3) is 11.8 Å². The van der Waals surface area contributed by atoms with Crippen molar-refractivity contribution < 1.29 is 9.59 Å². The molecule has 136 valence electrons. The van der Waals surface area contributed by atoms with Gasteiger partial charge in [-0.05, 0) is 49.6 Å². The summed E-state index contributed by atoms with van der Waals surface area (Å²) in [6.45, 7) is 1.96. The van der Waals surface area contributed by atoms with E-state index in [4.69, 9.17) is 0 Å². The standard InChI is InChI=1S/C22H26N2O2/c1-16(17-8-4-2-5-9-17)23-21(25)18-12-14-19(15-13-18)22(26)24-20-10-6-3-7-11-20/h2,4-5,8-9,12-16,20H,3,6-7,10-11H2,1H3,(H,23,25)(H,24,26). The number of nitrogens with one attached hydrogen (secondary N) is 2. The Balaban J connectivity index is 1.58. The highest BCUT2D eigenvalue weighted by atomic mass is 16.2. The molecule has 0 bridgehead atoms. The first-order valence-electron chi connectivity index (χ1n) is 9.40. The molecule has 2 aromatic carbocycles. The summed E-state index contributed by atoms with van der Waals surface area (Å²) in [7, 11) is 0. The van der Waals surface area contributed by atoms with E-state index >= 15 is 0 Å². The molecule has 0 radical (unpaired) electrons. The predicted molar refractivity (Wildman–Crippen MR) is 103 cm³/mol. The molecule has 2 aromatic rings. The van der Waals surface area contributed by atoms with Gasteiger partial charge in [0.15, 0.2) is 0 Å². The van der Waals surface area contributed by atoms with Gasteiger partial charge in [0.05, 0.1) is 6.04 Å². The third-order valence-electron chi connectivity index (χ3n) is 5.00. The van der Waals surface area contributed by atoms with Crippen LogP contribution >= 0.6 is 0 Å². The van der Waals surface area contributed by atoms with Gasteiger partial charge in [0, 0.05) is 17.2 Å². The van der Waals surface area contributed by atoms with Gasteiger partial charge >= 0.3 is 0 Å². The lowest BCUT2D eigenvalue weighted by Crippen LogP contribution is -2.36. The minimum Gasteiger partial charge on any atom is -0.349 e. The van der Waals surface area contributed by atoms with Crippen LogP contribution in [0.15, 0.2) is 54.6 Å². The molecule has 0 saturated heterocycles. The Kier molecular flexibility index (Phi) is 6.05. The van der Waals surface area contributed by atoms with Crippen LogP contribution in [0.5, 0.6) is 0 Å². The fourth-order valence-corrected chi connectivity index (χ4v) is 3.39. The lowest BCUT2D eigenvalue weighted by atomic mass is 9.95. The maximum atomic E-state index is 12.4. The minimum atomic E-state index is -0.138. The van der Waals surface area contributed by atoms with E-state index in [9.17, 15) is 9.59 Å². The number of benzene rings is 2. The molecule has 4 heteroatoms. The van der Waals surface area contributed by atoms with Crippen LogP contribution < -0.4 is 10.6 Å². The van der Waals surface area contributed by atoms with Crippen LogP contribution in [0.1, 0.15) is 71.3 Å². The van der Waals surface area contributed by atoms with Gasteiger partial charge in [-0.15, -0.1) is 0 Å². The second-order valence-electron chi connectivity index (χ2n) is 6.99. The third-order valence-corrected chi connectivity index (χ3v) is 5.00. The molecule has 1 fully saturated rings. The van der Waals surface area contributed by atoms with Crippen molar-refractivity contribution in [3.05, 3.63) is 71.3 Å². The number of rotatable bonds is 5. The summed E-state index contributed by atoms with van der Waals surface area (Å²) >= 11 is 0. The van der Waals surface area contributed by atoms with Gasteiger partial charge in [-0.3, -0.25) is 9.59 Å². The summed E-state index contributed by atoms with van der Waals surface area (Å²) in [5, 5.41) is 6.09. The molecule has 3 rings (SSSR count). The van der Waals surface area contributed by atoms with Gasteiger partial charge in [0.2, 0.25) is 0 Å². The highest BCUT2D eigenvalue weighted by Gasteiger charge is 2.17. The molecular weight excluding hydrogens is 324 g/mol. The molecule has 26 heavy (non-hydrogen) atoms. The molecule has 4 nitrogen and oxygen atoms in total. The summed E-state index contributed by atoms with van der Waals surface area (Å²) < 4.78 is 0. The van der Waals surface area contributed by atoms with Crippen LogP contribution in [-0.2, 0) is 0 Å². The number of hydrogen-bond acceptors (Lipinski definition) is 2. The molecule has 2 amide bonds. The zero-order chi connectivity index (χ0) is 18.4. The second-order valence-corrected chi connectivity index (χ2v) is 6.99. The van der Waals surface area contributed by atoms with Gasteiger partial charge < -0.3 is 10.6 Å². The smallest absolute Gasteiger partial charge is 0.251 e. The maximum Gasteiger partial charge on any atom is 0.251 e. The molecule has 1 aliphatic rings. The van der Waals surface area contributed by atoms with Crippen LogP contribution in [0.4, 0.5) is 0 Å². The van der Waals surface area contributed by atoms with E-state index in [1.807, 2.05) is 37.3 Å². The Hall–Kier alpha value is -2.62. The molecule has 1 unspecified atom stereocenters. The predicted octanol–water partition coefficient (Wildman–Crippen LogP) is 4.24. The van der Waals surface area contributed by atoms with Crippen molar-refractivity contribution in [1.82, 2.24) is 10.6 Å². The molecule has 0 heterocycles. The zero-order valence-corrected chi connectivity index (χ0v) is 15.2. The maximum absolute atomic E-state index is 12.4. The Morgan fingerprint density at radius 1 is 0.846 bits per heavy atom. The largest absolute Gasteiger partial charge is 0.349 e. The van der Waals surface area contributed by atoms with Gasteiger partial charge in [0.1, 0.15) is 0 Å². The molecule has 1 saturated carbocycles. The van der Waals surface area contributed by atoms with E-state index in [0.29, 0.717) is 11.1 Å². The van der Waals surface area contributed by atoms with Gasteiger partial charge in [-0.25, -0.2) is 0 Å². The van der Waals surface area contributed by atoms with Crippen LogP contribution in [0.3, 0.4) is 0 Å². The molecule has 0 aromatic heterocycles. The van der Waals surface area contributed by atoms with Crippen molar-refractivity contribution in [2.24, 2.45) is 0 Å². The van der Waals surface area contributed by atoms with Crippen molar-refractivity contribution in [3.8, 4) is 0 Å². The zero-order valence-electron chi connectivity index (χ0n) is 15.2. The lowest BCUT2D eigenvalue weighted by molar-refractivity contribution is 0.0920. The summed E-state index contributed by atoms with van der Waals surface area (Å²) in [6.07, 6.45) is 5.75. The molecule has 1 atom stereocenters. The van der Waals surface area contributed by atoms with Crippen LogP contribution in [0, 0.1) is 0 Å². The Morgan fingerprint density at radius 2 is 1.42 bits per heavy atom. The summed E-state index contributed by atoms with van der Waals surface area (Å²) in [5.41, 5.74) is 2.22. The normalized spacial score (nSPS) is 15.9. The van der Waals surface area contributed by atoms with E-state index in [-0.39, 0.29) is 23.9 Å². The average Bonchev–Trinajstić information content (AvgIpc) is 2.69. The van der Waals surface area contributed by atoms with Crippen molar-refractivity contribution in [2.45, 2.75) is 51.1 Å². The van der Waals surface area contributed by atoms with E-state index in [1.54, 1.807) is 24.3 Å². The molecule has 0 aliphatic heterocycles. The Bertz CT molecular complexity index is 734. The SMILES string of the molecule is CC(NC(=O)c1ccc(C(=O)NC2CCCCC2)cc1)c1ccccc1.